The van der Waals surface area contributed by atoms with Crippen LogP contribution >= 0.6 is 23.2 Å². The summed E-state index contributed by atoms with van der Waals surface area (Å²) >= 11 is 12.0. The Labute approximate surface area is 170 Å². The van der Waals surface area contributed by atoms with Gasteiger partial charge in [-0.3, -0.25) is 9.98 Å². The highest BCUT2D eigenvalue weighted by Gasteiger charge is 2.47. The van der Waals surface area contributed by atoms with E-state index in [4.69, 9.17) is 32.7 Å². The van der Waals surface area contributed by atoms with E-state index in [1.54, 1.807) is 12.1 Å². The van der Waals surface area contributed by atoms with Gasteiger partial charge < -0.3 is 9.47 Å². The van der Waals surface area contributed by atoms with Crippen LogP contribution in [-0.4, -0.2) is 49.9 Å². The minimum absolute atomic E-state index is 0.231. The summed E-state index contributed by atoms with van der Waals surface area (Å²) in [6.45, 7) is 0.648. The SMILES string of the molecule is Fc1cccc(Cl)c1C=N[C@H]1CO[C@H]2[C@@H]1OC[C@@H]2N=Cc1c(F)cccc1Cl. The molecule has 2 fully saturated rings. The molecule has 2 heterocycles. The second kappa shape index (κ2) is 8.25. The number of halogens is 4. The molecule has 2 aromatic carbocycles. The molecule has 0 aliphatic carbocycles. The van der Waals surface area contributed by atoms with Gasteiger partial charge in [0.1, 0.15) is 35.9 Å². The van der Waals surface area contributed by atoms with Gasteiger partial charge in [0, 0.05) is 23.6 Å². The maximum absolute atomic E-state index is 13.9. The van der Waals surface area contributed by atoms with Crippen molar-refractivity contribution in [3.8, 4) is 0 Å². The number of fused-ring (bicyclic) bond motifs is 1. The van der Waals surface area contributed by atoms with E-state index in [1.165, 1.54) is 36.7 Å². The number of ether oxygens (including phenoxy) is 2. The lowest BCUT2D eigenvalue weighted by molar-refractivity contribution is 0.0694. The number of aliphatic imine (C=N–C) groups is 2. The van der Waals surface area contributed by atoms with Gasteiger partial charge in [0.2, 0.25) is 0 Å². The molecule has 8 heteroatoms. The first-order chi connectivity index (χ1) is 13.5. The van der Waals surface area contributed by atoms with Crippen LogP contribution in [0.5, 0.6) is 0 Å². The molecule has 4 rings (SSSR count). The smallest absolute Gasteiger partial charge is 0.133 e. The molecule has 146 valence electrons. The summed E-state index contributed by atoms with van der Waals surface area (Å²) in [5.41, 5.74) is 0.462. The molecule has 0 spiro atoms. The normalized spacial score (nSPS) is 27.1. The summed E-state index contributed by atoms with van der Waals surface area (Å²) in [6, 6.07) is 8.34. The third-order valence-electron chi connectivity index (χ3n) is 4.79. The van der Waals surface area contributed by atoms with Gasteiger partial charge in [0.05, 0.1) is 23.3 Å². The van der Waals surface area contributed by atoms with E-state index in [0.717, 1.165) is 0 Å². The zero-order valence-electron chi connectivity index (χ0n) is 14.6. The van der Waals surface area contributed by atoms with Crippen molar-refractivity contribution in [3.05, 3.63) is 69.2 Å². The Morgan fingerprint density at radius 2 is 1.21 bits per heavy atom. The van der Waals surface area contributed by atoms with Crippen LogP contribution in [0.2, 0.25) is 10.0 Å². The second-order valence-electron chi connectivity index (χ2n) is 6.56. The lowest BCUT2D eigenvalue weighted by atomic mass is 10.1. The van der Waals surface area contributed by atoms with Crippen molar-refractivity contribution in [1.29, 1.82) is 0 Å². The van der Waals surface area contributed by atoms with E-state index in [2.05, 4.69) is 9.98 Å². The van der Waals surface area contributed by atoms with Gasteiger partial charge >= 0.3 is 0 Å². The van der Waals surface area contributed by atoms with Gasteiger partial charge in [0.15, 0.2) is 0 Å². The van der Waals surface area contributed by atoms with Crippen LogP contribution in [-0.2, 0) is 9.47 Å². The van der Waals surface area contributed by atoms with Crippen LogP contribution in [0.4, 0.5) is 8.78 Å². The third kappa shape index (κ3) is 3.82. The van der Waals surface area contributed by atoms with Crippen molar-refractivity contribution in [2.45, 2.75) is 24.3 Å². The van der Waals surface area contributed by atoms with Gasteiger partial charge in [-0.15, -0.1) is 0 Å². The standard InChI is InChI=1S/C20H16Cl2F2N2O2/c21-13-3-1-5-15(23)11(13)7-25-17-9-27-20-18(10-28-19(17)20)26-8-12-14(22)4-2-6-16(12)24/h1-8,17-20H,9-10H2/t17-,18-,19+,20+/m0/s1. The first kappa shape index (κ1) is 19.5. The molecular weight excluding hydrogens is 409 g/mol. The van der Waals surface area contributed by atoms with Crippen LogP contribution in [0.15, 0.2) is 46.4 Å². The molecule has 2 aliphatic rings. The highest BCUT2D eigenvalue weighted by atomic mass is 35.5. The first-order valence-corrected chi connectivity index (χ1v) is 9.48. The zero-order chi connectivity index (χ0) is 19.7. The van der Waals surface area contributed by atoms with E-state index >= 15 is 0 Å². The largest absolute Gasteiger partial charge is 0.371 e. The average Bonchev–Trinajstić information content (AvgIpc) is 3.24. The van der Waals surface area contributed by atoms with Crippen molar-refractivity contribution in [2.75, 3.05) is 13.2 Å². The van der Waals surface area contributed by atoms with Crippen LogP contribution in [0, 0.1) is 11.6 Å². The topological polar surface area (TPSA) is 43.2 Å². The Morgan fingerprint density at radius 3 is 1.61 bits per heavy atom. The highest BCUT2D eigenvalue weighted by molar-refractivity contribution is 6.33. The second-order valence-corrected chi connectivity index (χ2v) is 7.37. The molecule has 0 radical (unpaired) electrons. The number of hydrogen-bond donors (Lipinski definition) is 0. The molecule has 0 bridgehead atoms. The fourth-order valence-electron chi connectivity index (χ4n) is 3.32. The molecule has 0 amide bonds. The molecule has 4 atom stereocenters. The van der Waals surface area contributed by atoms with Crippen molar-refractivity contribution in [1.82, 2.24) is 0 Å². The van der Waals surface area contributed by atoms with E-state index in [9.17, 15) is 8.78 Å². The Bertz CT molecular complexity index is 822. The summed E-state index contributed by atoms with van der Waals surface area (Å²) in [5.74, 6) is -0.883. The lowest BCUT2D eigenvalue weighted by Crippen LogP contribution is -2.30. The lowest BCUT2D eigenvalue weighted by Gasteiger charge is -2.12. The average molecular weight is 425 g/mol. The molecule has 2 aliphatic heterocycles. The number of benzene rings is 2. The number of rotatable bonds is 4. The molecule has 2 saturated heterocycles. The van der Waals surface area contributed by atoms with Crippen molar-refractivity contribution < 1.29 is 18.3 Å². The molecule has 2 aromatic rings. The maximum Gasteiger partial charge on any atom is 0.133 e. The van der Waals surface area contributed by atoms with E-state index in [1.807, 2.05) is 0 Å². The van der Waals surface area contributed by atoms with Gasteiger partial charge in [-0.1, -0.05) is 35.3 Å². The van der Waals surface area contributed by atoms with Gasteiger partial charge in [-0.05, 0) is 24.3 Å². The summed E-state index contributed by atoms with van der Waals surface area (Å²) in [7, 11) is 0. The minimum atomic E-state index is -0.441. The van der Waals surface area contributed by atoms with E-state index < -0.39 is 11.6 Å². The van der Waals surface area contributed by atoms with Gasteiger partial charge in [0.25, 0.3) is 0 Å². The maximum atomic E-state index is 13.9. The van der Waals surface area contributed by atoms with Crippen LogP contribution in [0.25, 0.3) is 0 Å². The van der Waals surface area contributed by atoms with E-state index in [0.29, 0.717) is 13.2 Å². The quantitative estimate of drug-likeness (QED) is 0.684. The molecular formula is C20H16Cl2F2N2O2. The van der Waals surface area contributed by atoms with Crippen LogP contribution in [0.1, 0.15) is 11.1 Å². The van der Waals surface area contributed by atoms with Crippen molar-refractivity contribution in [3.63, 3.8) is 0 Å². The zero-order valence-corrected chi connectivity index (χ0v) is 16.1. The highest BCUT2D eigenvalue weighted by Crippen LogP contribution is 2.31. The molecule has 0 aromatic heterocycles. The third-order valence-corrected chi connectivity index (χ3v) is 5.45. The number of nitrogens with zero attached hydrogens (tertiary/aromatic N) is 2. The summed E-state index contributed by atoms with van der Waals surface area (Å²) in [6.07, 6.45) is 2.21. The molecule has 28 heavy (non-hydrogen) atoms. The van der Waals surface area contributed by atoms with Gasteiger partial charge in [-0.25, -0.2) is 8.78 Å². The summed E-state index contributed by atoms with van der Waals surface area (Å²) < 4.78 is 39.4. The monoisotopic (exact) mass is 424 g/mol. The predicted molar refractivity (Wildman–Crippen MR) is 105 cm³/mol. The Balaban J connectivity index is 1.46. The Morgan fingerprint density at radius 1 is 0.786 bits per heavy atom. The predicted octanol–water partition coefficient (Wildman–Crippen LogP) is 4.34. The number of hydrogen-bond acceptors (Lipinski definition) is 4. The fourth-order valence-corrected chi connectivity index (χ4v) is 3.75. The first-order valence-electron chi connectivity index (χ1n) is 8.72. The van der Waals surface area contributed by atoms with Crippen LogP contribution in [0.3, 0.4) is 0 Å². The molecule has 0 unspecified atom stereocenters. The van der Waals surface area contributed by atoms with E-state index in [-0.39, 0.29) is 45.5 Å². The summed E-state index contributed by atoms with van der Waals surface area (Å²) in [5, 5.41) is 0.576. The fraction of sp³-hybridized carbons (Fsp3) is 0.300. The van der Waals surface area contributed by atoms with Crippen molar-refractivity contribution >= 4 is 35.6 Å². The van der Waals surface area contributed by atoms with Crippen molar-refractivity contribution in [2.24, 2.45) is 9.98 Å². The molecule has 4 nitrogen and oxygen atoms in total. The Hall–Kier alpha value is -1.86. The Kier molecular flexibility index (Phi) is 5.73. The van der Waals surface area contributed by atoms with Crippen LogP contribution < -0.4 is 0 Å². The summed E-state index contributed by atoms with van der Waals surface area (Å²) in [4.78, 5) is 8.81. The molecule has 0 N–H and O–H groups in total. The minimum Gasteiger partial charge on any atom is -0.371 e. The van der Waals surface area contributed by atoms with Gasteiger partial charge in [-0.2, -0.15) is 0 Å². The molecule has 0 saturated carbocycles.